The van der Waals surface area contributed by atoms with E-state index < -0.39 is 18.2 Å². The minimum atomic E-state index is -0.744. The van der Waals surface area contributed by atoms with E-state index in [-0.39, 0.29) is 30.8 Å². The molecule has 0 saturated heterocycles. The SMILES string of the molecule is CCC(O)CC(=O)OC(CCC(=O)c1ccccc1)CC(C)=O. The van der Waals surface area contributed by atoms with Crippen molar-refractivity contribution < 1.29 is 24.2 Å². The first-order valence-electron chi connectivity index (χ1n) is 7.87. The molecule has 0 aliphatic rings. The Hall–Kier alpha value is -2.01. The topological polar surface area (TPSA) is 80.7 Å². The molecule has 126 valence electrons. The number of benzene rings is 1. The molecule has 1 aromatic carbocycles. The average Bonchev–Trinajstić information content (AvgIpc) is 2.52. The van der Waals surface area contributed by atoms with Crippen molar-refractivity contribution >= 4 is 17.5 Å². The number of carbonyl (C=O) groups excluding carboxylic acids is 3. The highest BCUT2D eigenvalue weighted by Gasteiger charge is 2.20. The maximum absolute atomic E-state index is 12.1. The van der Waals surface area contributed by atoms with Crippen molar-refractivity contribution in [3.05, 3.63) is 35.9 Å². The van der Waals surface area contributed by atoms with Gasteiger partial charge in [-0.3, -0.25) is 14.4 Å². The van der Waals surface area contributed by atoms with Gasteiger partial charge in [0.1, 0.15) is 11.9 Å². The summed E-state index contributed by atoms with van der Waals surface area (Å²) in [7, 11) is 0. The Bertz CT molecular complexity index is 523. The van der Waals surface area contributed by atoms with Gasteiger partial charge in [0.05, 0.1) is 12.5 Å². The Morgan fingerprint density at radius 1 is 1.13 bits per heavy atom. The zero-order valence-electron chi connectivity index (χ0n) is 13.7. The van der Waals surface area contributed by atoms with Gasteiger partial charge in [0, 0.05) is 18.4 Å². The molecular weight excluding hydrogens is 296 g/mol. The summed E-state index contributed by atoms with van der Waals surface area (Å²) in [4.78, 5) is 35.1. The van der Waals surface area contributed by atoms with Crippen molar-refractivity contribution in [1.82, 2.24) is 0 Å². The zero-order chi connectivity index (χ0) is 17.2. The predicted octanol–water partition coefficient (Wildman–Crippen LogP) is 2.70. The predicted molar refractivity (Wildman–Crippen MR) is 86.1 cm³/mol. The second-order valence-corrected chi connectivity index (χ2v) is 5.61. The number of ether oxygens (including phenoxy) is 1. The molecule has 0 aromatic heterocycles. The maximum Gasteiger partial charge on any atom is 0.308 e. The van der Waals surface area contributed by atoms with E-state index in [1.807, 2.05) is 6.07 Å². The lowest BCUT2D eigenvalue weighted by atomic mass is 10.0. The fourth-order valence-corrected chi connectivity index (χ4v) is 2.15. The maximum atomic E-state index is 12.1. The second kappa shape index (κ2) is 9.90. The van der Waals surface area contributed by atoms with E-state index in [0.717, 1.165) is 0 Å². The fourth-order valence-electron chi connectivity index (χ4n) is 2.15. The number of hydrogen-bond acceptors (Lipinski definition) is 5. The smallest absolute Gasteiger partial charge is 0.308 e. The number of esters is 1. The molecular formula is C18H24O5. The number of hydrogen-bond donors (Lipinski definition) is 1. The normalized spacial score (nSPS) is 13.2. The van der Waals surface area contributed by atoms with Crippen molar-refractivity contribution in [2.75, 3.05) is 0 Å². The first kappa shape index (κ1) is 19.0. The molecule has 0 saturated carbocycles. The van der Waals surface area contributed by atoms with Crippen LogP contribution in [0.4, 0.5) is 0 Å². The molecule has 1 rings (SSSR count). The molecule has 5 nitrogen and oxygen atoms in total. The van der Waals surface area contributed by atoms with Crippen LogP contribution in [-0.4, -0.2) is 34.9 Å². The molecule has 1 N–H and O–H groups in total. The quantitative estimate of drug-likeness (QED) is 0.529. The Morgan fingerprint density at radius 2 is 1.78 bits per heavy atom. The van der Waals surface area contributed by atoms with Crippen LogP contribution in [-0.2, 0) is 14.3 Å². The molecule has 0 heterocycles. The van der Waals surface area contributed by atoms with E-state index in [9.17, 15) is 19.5 Å². The van der Waals surface area contributed by atoms with Crippen LogP contribution in [0.5, 0.6) is 0 Å². The van der Waals surface area contributed by atoms with Crippen LogP contribution < -0.4 is 0 Å². The number of aliphatic hydroxyl groups is 1. The molecule has 0 aliphatic carbocycles. The highest BCUT2D eigenvalue weighted by molar-refractivity contribution is 5.96. The van der Waals surface area contributed by atoms with Crippen LogP contribution in [0.2, 0.25) is 0 Å². The van der Waals surface area contributed by atoms with E-state index in [1.54, 1.807) is 31.2 Å². The van der Waals surface area contributed by atoms with Crippen molar-refractivity contribution in [3.63, 3.8) is 0 Å². The van der Waals surface area contributed by atoms with Gasteiger partial charge in [0.15, 0.2) is 5.78 Å². The van der Waals surface area contributed by atoms with Gasteiger partial charge in [-0.25, -0.2) is 0 Å². The van der Waals surface area contributed by atoms with Crippen LogP contribution in [0.15, 0.2) is 30.3 Å². The molecule has 5 heteroatoms. The Morgan fingerprint density at radius 3 is 2.35 bits per heavy atom. The summed E-state index contributed by atoms with van der Waals surface area (Å²) in [6.45, 7) is 3.18. The summed E-state index contributed by atoms with van der Waals surface area (Å²) in [5.74, 6) is -0.701. The van der Waals surface area contributed by atoms with Gasteiger partial charge < -0.3 is 9.84 Å². The molecule has 0 aliphatic heterocycles. The number of rotatable bonds is 10. The summed E-state index contributed by atoms with van der Waals surface area (Å²) in [6, 6.07) is 8.85. The number of Topliss-reactive ketones (excluding diaryl/α,β-unsaturated/α-hetero) is 2. The summed E-state index contributed by atoms with van der Waals surface area (Å²) in [5.41, 5.74) is 0.599. The van der Waals surface area contributed by atoms with Gasteiger partial charge in [-0.05, 0) is 19.8 Å². The van der Waals surface area contributed by atoms with Crippen molar-refractivity contribution in [2.45, 2.75) is 58.2 Å². The lowest BCUT2D eigenvalue weighted by Crippen LogP contribution is -2.24. The highest BCUT2D eigenvalue weighted by atomic mass is 16.5. The van der Waals surface area contributed by atoms with Gasteiger partial charge >= 0.3 is 5.97 Å². The molecule has 2 unspecified atom stereocenters. The van der Waals surface area contributed by atoms with Crippen molar-refractivity contribution in [1.29, 1.82) is 0 Å². The highest BCUT2D eigenvalue weighted by Crippen LogP contribution is 2.13. The summed E-state index contributed by atoms with van der Waals surface area (Å²) < 4.78 is 5.25. The van der Waals surface area contributed by atoms with E-state index in [4.69, 9.17) is 4.74 Å². The first-order valence-corrected chi connectivity index (χ1v) is 7.87. The zero-order valence-corrected chi connectivity index (χ0v) is 13.7. The van der Waals surface area contributed by atoms with Gasteiger partial charge in [-0.15, -0.1) is 0 Å². The fraction of sp³-hybridized carbons (Fsp3) is 0.500. The van der Waals surface area contributed by atoms with E-state index in [2.05, 4.69) is 0 Å². The molecule has 2 atom stereocenters. The first-order chi connectivity index (χ1) is 10.9. The van der Waals surface area contributed by atoms with Crippen LogP contribution in [0.1, 0.15) is 56.3 Å². The van der Waals surface area contributed by atoms with Gasteiger partial charge in [-0.2, -0.15) is 0 Å². The van der Waals surface area contributed by atoms with Crippen molar-refractivity contribution in [2.24, 2.45) is 0 Å². The van der Waals surface area contributed by atoms with Gasteiger partial charge in [0.2, 0.25) is 0 Å². The number of aliphatic hydroxyl groups excluding tert-OH is 1. The van der Waals surface area contributed by atoms with Crippen LogP contribution >= 0.6 is 0 Å². The van der Waals surface area contributed by atoms with Gasteiger partial charge in [0.25, 0.3) is 0 Å². The second-order valence-electron chi connectivity index (χ2n) is 5.61. The minimum Gasteiger partial charge on any atom is -0.462 e. The lowest BCUT2D eigenvalue weighted by molar-refractivity contribution is -0.152. The summed E-state index contributed by atoms with van der Waals surface area (Å²) >= 11 is 0. The number of carbonyl (C=O) groups is 3. The Balaban J connectivity index is 2.55. The molecule has 0 fully saturated rings. The Kier molecular flexibility index (Phi) is 8.19. The van der Waals surface area contributed by atoms with Crippen LogP contribution in [0.25, 0.3) is 0 Å². The van der Waals surface area contributed by atoms with E-state index >= 15 is 0 Å². The molecule has 0 bridgehead atoms. The van der Waals surface area contributed by atoms with Crippen LogP contribution in [0.3, 0.4) is 0 Å². The average molecular weight is 320 g/mol. The third-order valence-electron chi connectivity index (χ3n) is 3.48. The van der Waals surface area contributed by atoms with E-state index in [0.29, 0.717) is 18.4 Å². The Labute approximate surface area is 136 Å². The molecule has 23 heavy (non-hydrogen) atoms. The van der Waals surface area contributed by atoms with E-state index in [1.165, 1.54) is 6.92 Å². The van der Waals surface area contributed by atoms with Crippen LogP contribution in [0, 0.1) is 0 Å². The molecule has 0 amide bonds. The third-order valence-corrected chi connectivity index (χ3v) is 3.48. The van der Waals surface area contributed by atoms with Crippen molar-refractivity contribution in [3.8, 4) is 0 Å². The standard InChI is InChI=1S/C18H24O5/c1-3-15(20)12-18(22)23-16(11-13(2)19)9-10-17(21)14-7-5-4-6-8-14/h4-8,15-16,20H,3,9-12H2,1-2H3. The lowest BCUT2D eigenvalue weighted by Gasteiger charge is -2.17. The summed E-state index contributed by atoms with van der Waals surface area (Å²) in [5, 5.41) is 9.47. The molecule has 0 radical (unpaired) electrons. The molecule has 1 aromatic rings. The minimum absolute atomic E-state index is 0.0520. The monoisotopic (exact) mass is 320 g/mol. The van der Waals surface area contributed by atoms with Gasteiger partial charge in [-0.1, -0.05) is 37.3 Å². The largest absolute Gasteiger partial charge is 0.462 e. The number of ketones is 2. The third kappa shape index (κ3) is 7.70. The molecule has 0 spiro atoms. The summed E-state index contributed by atoms with van der Waals surface area (Å²) in [6.07, 6.45) is -0.442.